The number of aromatic nitrogens is 3. The summed E-state index contributed by atoms with van der Waals surface area (Å²) in [6.45, 7) is 13.1. The number of amides is 1. The molecule has 0 saturated carbocycles. The predicted octanol–water partition coefficient (Wildman–Crippen LogP) is 4.39. The molecule has 14 heteroatoms. The topological polar surface area (TPSA) is 189 Å². The Bertz CT molecular complexity index is 1800. The van der Waals surface area contributed by atoms with E-state index in [2.05, 4.69) is 25.0 Å². The number of hydrogen-bond acceptors (Lipinski definition) is 12. The van der Waals surface area contributed by atoms with Crippen molar-refractivity contribution >= 4 is 41.3 Å². The number of aromatic hydroxyl groups is 1. The van der Waals surface area contributed by atoms with Gasteiger partial charge in [0.1, 0.15) is 23.6 Å². The van der Waals surface area contributed by atoms with Gasteiger partial charge in [0.15, 0.2) is 17.4 Å². The number of rotatable bonds is 12. The Morgan fingerprint density at radius 2 is 1.56 bits per heavy atom. The number of piperidine rings is 3. The molecule has 1 amide bonds. The zero-order valence-corrected chi connectivity index (χ0v) is 32.6. The lowest BCUT2D eigenvalue weighted by atomic mass is 9.91. The molecule has 0 aliphatic carbocycles. The van der Waals surface area contributed by atoms with Crippen molar-refractivity contribution < 1.29 is 19.2 Å². The highest BCUT2D eigenvalue weighted by Crippen LogP contribution is 2.35. The Hall–Kier alpha value is -4.56. The highest BCUT2D eigenvalue weighted by atomic mass is 16.5. The predicted molar refractivity (Wildman–Crippen MR) is 215 cm³/mol. The molecule has 1 aromatic carbocycles. The molecule has 14 nitrogen and oxygen atoms in total. The maximum atomic E-state index is 13.5. The first kappa shape index (κ1) is 38.7. The fourth-order valence-corrected chi connectivity index (χ4v) is 9.31. The largest absolute Gasteiger partial charge is 0.507 e. The minimum Gasteiger partial charge on any atom is -0.507 e. The van der Waals surface area contributed by atoms with E-state index in [1.54, 1.807) is 29.2 Å². The lowest BCUT2D eigenvalue weighted by molar-refractivity contribution is -0.137. The highest BCUT2D eigenvalue weighted by Gasteiger charge is 2.38. The van der Waals surface area contributed by atoms with Crippen LogP contribution in [0.15, 0.2) is 34.9 Å². The number of nitrogens with two attached hydrogens (primary N) is 3. The van der Waals surface area contributed by atoms with Crippen molar-refractivity contribution in [2.75, 3.05) is 75.3 Å². The number of hydrogen-bond donors (Lipinski definition) is 4. The lowest BCUT2D eigenvalue weighted by Gasteiger charge is -2.40. The van der Waals surface area contributed by atoms with Crippen LogP contribution in [0.1, 0.15) is 94.2 Å². The fourth-order valence-electron chi connectivity index (χ4n) is 9.31. The van der Waals surface area contributed by atoms with Crippen LogP contribution in [-0.2, 0) is 9.59 Å². The molecule has 7 N–H and O–H groups in total. The number of phenolic OH excluding ortho intramolecular Hbond substituents is 1. The van der Waals surface area contributed by atoms with Gasteiger partial charge >= 0.3 is 0 Å². The molecule has 2 atom stereocenters. The summed E-state index contributed by atoms with van der Waals surface area (Å²) >= 11 is 0. The molecule has 4 saturated heterocycles. The second-order valence-corrected chi connectivity index (χ2v) is 16.6. The Labute approximate surface area is 324 Å². The van der Waals surface area contributed by atoms with Crippen LogP contribution in [0.25, 0.3) is 11.8 Å². The molecular weight excluding hydrogens is 697 g/mol. The summed E-state index contributed by atoms with van der Waals surface area (Å²) in [4.78, 5) is 34.3. The van der Waals surface area contributed by atoms with Gasteiger partial charge < -0.3 is 51.2 Å². The first-order valence-electron chi connectivity index (χ1n) is 20.4. The second-order valence-electron chi connectivity index (χ2n) is 16.6. The first-order valence-corrected chi connectivity index (χ1v) is 20.4. The van der Waals surface area contributed by atoms with Crippen molar-refractivity contribution in [1.29, 1.82) is 0 Å². The summed E-state index contributed by atoms with van der Waals surface area (Å²) in [5, 5.41) is 19.3. The third kappa shape index (κ3) is 8.65. The summed E-state index contributed by atoms with van der Waals surface area (Å²) in [6, 6.07) is 8.80. The quantitative estimate of drug-likeness (QED) is 0.191. The molecule has 0 spiro atoms. The van der Waals surface area contributed by atoms with Crippen molar-refractivity contribution in [1.82, 2.24) is 29.6 Å². The summed E-state index contributed by atoms with van der Waals surface area (Å²) in [6.07, 6.45) is 10.9. The third-order valence-electron chi connectivity index (χ3n) is 12.6. The lowest BCUT2D eigenvalue weighted by Crippen LogP contribution is -2.44. The highest BCUT2D eigenvalue weighted by molar-refractivity contribution is 5.87. The number of anilines is 3. The van der Waals surface area contributed by atoms with Gasteiger partial charge in [-0.05, 0) is 100 Å². The number of carbonyl (C=O) groups excluding carboxylic acids is 2. The van der Waals surface area contributed by atoms with E-state index in [0.29, 0.717) is 52.6 Å². The van der Waals surface area contributed by atoms with E-state index in [0.717, 1.165) is 103 Å². The van der Waals surface area contributed by atoms with E-state index < -0.39 is 5.92 Å². The molecular formula is C41H60N10O4. The van der Waals surface area contributed by atoms with Crippen LogP contribution in [-0.4, -0.2) is 112 Å². The van der Waals surface area contributed by atoms with Gasteiger partial charge in [-0.15, -0.1) is 0 Å². The smallest absolute Gasteiger partial charge is 0.234 e. The Balaban J connectivity index is 0.840. The maximum Gasteiger partial charge on any atom is 0.234 e. The van der Waals surface area contributed by atoms with Gasteiger partial charge in [0.25, 0.3) is 0 Å². The van der Waals surface area contributed by atoms with Gasteiger partial charge in [0.05, 0.1) is 17.8 Å². The van der Waals surface area contributed by atoms with Gasteiger partial charge in [-0.2, -0.15) is 5.10 Å². The van der Waals surface area contributed by atoms with E-state index in [1.807, 2.05) is 30.7 Å². The Morgan fingerprint density at radius 1 is 0.927 bits per heavy atom. The molecule has 7 rings (SSSR count). The van der Waals surface area contributed by atoms with Crippen LogP contribution in [0, 0.1) is 17.8 Å². The van der Waals surface area contributed by atoms with Crippen LogP contribution < -0.4 is 22.1 Å². The van der Waals surface area contributed by atoms with Crippen LogP contribution in [0.5, 0.6) is 5.75 Å². The van der Waals surface area contributed by atoms with Crippen molar-refractivity contribution in [3.05, 3.63) is 47.3 Å². The number of likely N-dealkylation sites (tertiary alicyclic amines) is 3. The molecule has 2 aromatic heterocycles. The number of nitrogen functional groups attached to an aromatic ring is 2. The van der Waals surface area contributed by atoms with Crippen LogP contribution in [0.3, 0.4) is 0 Å². The molecule has 298 valence electrons. The first-order chi connectivity index (χ1) is 26.6. The van der Waals surface area contributed by atoms with Gasteiger partial charge in [-0.3, -0.25) is 9.48 Å². The molecule has 3 aromatic rings. The van der Waals surface area contributed by atoms with E-state index in [-0.39, 0.29) is 29.7 Å². The monoisotopic (exact) mass is 756 g/mol. The van der Waals surface area contributed by atoms with E-state index in [9.17, 15) is 14.7 Å². The molecule has 2 unspecified atom stereocenters. The molecule has 6 heterocycles. The van der Waals surface area contributed by atoms with Gasteiger partial charge in [-0.1, -0.05) is 31.1 Å². The summed E-state index contributed by atoms with van der Waals surface area (Å²) < 4.78 is 7.74. The SMILES string of the molecule is CC(C)C(C(=O)N1CCCC1C=O)c1cc(N2CCC(CN3CCC(CN4CCC(n5nc(N)c(N)c5/C=C(\N)c5ccccc5O)CC4)CC3)CC2)no1. The number of carbonyl (C=O) groups is 2. The van der Waals surface area contributed by atoms with Crippen molar-refractivity contribution in [2.45, 2.75) is 83.2 Å². The molecule has 0 bridgehead atoms. The minimum atomic E-state index is -0.435. The number of para-hydroxylation sites is 1. The van der Waals surface area contributed by atoms with Crippen LogP contribution in [0.2, 0.25) is 0 Å². The van der Waals surface area contributed by atoms with Gasteiger partial charge in [-0.25, -0.2) is 0 Å². The molecule has 55 heavy (non-hydrogen) atoms. The zero-order valence-electron chi connectivity index (χ0n) is 32.6. The van der Waals surface area contributed by atoms with Gasteiger partial charge in [0, 0.05) is 63.1 Å². The Kier molecular flexibility index (Phi) is 12.0. The third-order valence-corrected chi connectivity index (χ3v) is 12.6. The van der Waals surface area contributed by atoms with Crippen LogP contribution >= 0.6 is 0 Å². The van der Waals surface area contributed by atoms with Crippen molar-refractivity contribution in [2.24, 2.45) is 23.5 Å². The summed E-state index contributed by atoms with van der Waals surface area (Å²) in [7, 11) is 0. The zero-order chi connectivity index (χ0) is 38.6. The fraction of sp³-hybridized carbons (Fsp3) is 0.610. The summed E-state index contributed by atoms with van der Waals surface area (Å²) in [5.41, 5.74) is 21.0. The second kappa shape index (κ2) is 17.1. The van der Waals surface area contributed by atoms with E-state index >= 15 is 0 Å². The number of phenols is 1. The van der Waals surface area contributed by atoms with Gasteiger partial charge in [0.2, 0.25) is 5.91 Å². The molecule has 4 aliphatic heterocycles. The van der Waals surface area contributed by atoms with E-state index in [4.69, 9.17) is 21.7 Å². The normalized spacial score (nSPS) is 22.2. The molecule has 4 aliphatic rings. The maximum absolute atomic E-state index is 13.5. The Morgan fingerprint density at radius 3 is 2.20 bits per heavy atom. The standard InChI is InChI=1S/C41H60N10O4/c1-27(2)38(41(54)50-15-5-6-31(50)26-52)36-23-37(46-55-36)49-20-11-29(12-21-49)25-47-16-9-28(10-17-47)24-48-18-13-30(14-19-48)51-34(39(43)40(44)45-51)22-33(42)32-7-3-4-8-35(32)53/h3-4,7-8,22-23,26-31,38,53H,5-6,9-21,24-25,42-43H2,1-2H3,(H2,44,45)/b33-22-. The molecule has 4 fully saturated rings. The van der Waals surface area contributed by atoms with E-state index in [1.165, 1.54) is 12.8 Å². The summed E-state index contributed by atoms with van der Waals surface area (Å²) in [5.74, 6) is 2.78. The van der Waals surface area contributed by atoms with Crippen molar-refractivity contribution in [3.8, 4) is 5.75 Å². The molecule has 0 radical (unpaired) electrons. The average Bonchev–Trinajstić information content (AvgIpc) is 3.93. The number of aldehydes is 1. The van der Waals surface area contributed by atoms with Crippen LogP contribution in [0.4, 0.5) is 17.3 Å². The minimum absolute atomic E-state index is 0.0293. The number of benzene rings is 1. The average molecular weight is 757 g/mol. The number of nitrogens with zero attached hydrogens (tertiary/aromatic N) is 7. The van der Waals surface area contributed by atoms with Crippen molar-refractivity contribution in [3.63, 3.8) is 0 Å².